The quantitative estimate of drug-likeness (QED) is 0.838. The number of carbonyl (C=O) groups is 1. The molecule has 3 fully saturated rings. The lowest BCUT2D eigenvalue weighted by atomic mass is 9.91. The summed E-state index contributed by atoms with van der Waals surface area (Å²) in [6, 6.07) is 0.391. The zero-order valence-electron chi connectivity index (χ0n) is 13.3. The SMILES string of the molecule is C.CCC1CC(C)C(N=C2NC(=O)C(C)(C3CCNC3)S2)C1. The molecule has 5 atom stereocenters. The number of aliphatic imine (C=N–C) groups is 1. The zero-order chi connectivity index (χ0) is 15.0. The van der Waals surface area contributed by atoms with Crippen LogP contribution in [0, 0.1) is 17.8 Å². The minimum absolute atomic E-state index is 0. The van der Waals surface area contributed by atoms with Gasteiger partial charge >= 0.3 is 0 Å². The second kappa shape index (κ2) is 6.91. The molecule has 2 heterocycles. The van der Waals surface area contributed by atoms with E-state index < -0.39 is 0 Å². The molecule has 5 unspecified atom stereocenters. The van der Waals surface area contributed by atoms with Gasteiger partial charge in [-0.25, -0.2) is 0 Å². The van der Waals surface area contributed by atoms with Gasteiger partial charge in [0, 0.05) is 0 Å². The third-order valence-electron chi connectivity index (χ3n) is 5.62. The van der Waals surface area contributed by atoms with Crippen molar-refractivity contribution < 1.29 is 4.79 Å². The highest BCUT2D eigenvalue weighted by Crippen LogP contribution is 2.42. The van der Waals surface area contributed by atoms with Gasteiger partial charge in [0.15, 0.2) is 5.17 Å². The molecule has 4 nitrogen and oxygen atoms in total. The van der Waals surface area contributed by atoms with Gasteiger partial charge in [-0.15, -0.1) is 0 Å². The predicted octanol–water partition coefficient (Wildman–Crippen LogP) is 3.03. The van der Waals surface area contributed by atoms with Gasteiger partial charge in [-0.3, -0.25) is 9.79 Å². The highest BCUT2D eigenvalue weighted by Gasteiger charge is 2.49. The molecule has 1 aliphatic carbocycles. The lowest BCUT2D eigenvalue weighted by Gasteiger charge is -2.25. The van der Waals surface area contributed by atoms with E-state index in [-0.39, 0.29) is 18.1 Å². The molecule has 0 spiro atoms. The Morgan fingerprint density at radius 1 is 1.41 bits per heavy atom. The minimum Gasteiger partial charge on any atom is -0.316 e. The van der Waals surface area contributed by atoms with Crippen LogP contribution in [0.4, 0.5) is 0 Å². The largest absolute Gasteiger partial charge is 0.316 e. The van der Waals surface area contributed by atoms with Crippen molar-refractivity contribution in [3.63, 3.8) is 0 Å². The molecule has 126 valence electrons. The summed E-state index contributed by atoms with van der Waals surface area (Å²) in [6.07, 6.45) is 4.79. The van der Waals surface area contributed by atoms with E-state index in [4.69, 9.17) is 4.99 Å². The molecular weight excluding hydrogens is 294 g/mol. The molecule has 2 saturated heterocycles. The van der Waals surface area contributed by atoms with Crippen LogP contribution in [0.2, 0.25) is 0 Å². The molecular formula is C17H31N3OS. The average molecular weight is 326 g/mol. The van der Waals surface area contributed by atoms with Crippen LogP contribution < -0.4 is 10.6 Å². The maximum Gasteiger partial charge on any atom is 0.242 e. The fraction of sp³-hybridized carbons (Fsp3) is 0.882. The number of hydrogen-bond donors (Lipinski definition) is 2. The lowest BCUT2D eigenvalue weighted by Crippen LogP contribution is -2.41. The predicted molar refractivity (Wildman–Crippen MR) is 95.2 cm³/mol. The summed E-state index contributed by atoms with van der Waals surface area (Å²) < 4.78 is -0.339. The van der Waals surface area contributed by atoms with Crippen molar-refractivity contribution in [2.24, 2.45) is 22.7 Å². The molecule has 22 heavy (non-hydrogen) atoms. The number of thioether (sulfide) groups is 1. The van der Waals surface area contributed by atoms with Gasteiger partial charge in [0.05, 0.1) is 6.04 Å². The Kier molecular flexibility index (Phi) is 5.59. The van der Waals surface area contributed by atoms with Gasteiger partial charge in [0.25, 0.3) is 0 Å². The first-order chi connectivity index (χ1) is 10.0. The van der Waals surface area contributed by atoms with E-state index in [0.717, 1.165) is 30.6 Å². The smallest absolute Gasteiger partial charge is 0.242 e. The molecule has 2 N–H and O–H groups in total. The first-order valence-corrected chi connectivity index (χ1v) is 9.13. The first-order valence-electron chi connectivity index (χ1n) is 8.32. The summed E-state index contributed by atoms with van der Waals surface area (Å²) in [5, 5.41) is 7.28. The van der Waals surface area contributed by atoms with Gasteiger partial charge in [-0.1, -0.05) is 39.5 Å². The molecule has 3 aliphatic rings. The highest BCUT2D eigenvalue weighted by atomic mass is 32.2. The Balaban J connectivity index is 0.00000176. The van der Waals surface area contributed by atoms with Crippen molar-refractivity contribution in [2.75, 3.05) is 13.1 Å². The van der Waals surface area contributed by atoms with Crippen LogP contribution in [0.15, 0.2) is 4.99 Å². The van der Waals surface area contributed by atoms with Crippen LogP contribution in [0.5, 0.6) is 0 Å². The second-order valence-electron chi connectivity index (χ2n) is 7.08. The Morgan fingerprint density at radius 3 is 2.77 bits per heavy atom. The highest BCUT2D eigenvalue weighted by molar-refractivity contribution is 8.16. The Labute approximate surface area is 139 Å². The molecule has 0 radical (unpaired) electrons. The fourth-order valence-corrected chi connectivity index (χ4v) is 5.21. The number of nitrogens with zero attached hydrogens (tertiary/aromatic N) is 1. The van der Waals surface area contributed by atoms with Crippen molar-refractivity contribution >= 4 is 22.8 Å². The fourth-order valence-electron chi connectivity index (χ4n) is 3.96. The van der Waals surface area contributed by atoms with Crippen LogP contribution in [0.25, 0.3) is 0 Å². The Hall–Kier alpha value is -0.550. The first kappa shape index (κ1) is 17.8. The van der Waals surface area contributed by atoms with E-state index in [2.05, 4.69) is 31.4 Å². The molecule has 5 heteroatoms. The third kappa shape index (κ3) is 3.21. The van der Waals surface area contributed by atoms with Crippen molar-refractivity contribution in [3.8, 4) is 0 Å². The summed E-state index contributed by atoms with van der Waals surface area (Å²) >= 11 is 1.67. The van der Waals surface area contributed by atoms with E-state index in [1.165, 1.54) is 19.3 Å². The van der Waals surface area contributed by atoms with Crippen LogP contribution >= 0.6 is 11.8 Å². The summed E-state index contributed by atoms with van der Waals surface area (Å²) in [6.45, 7) is 8.62. The molecule has 1 saturated carbocycles. The number of amidine groups is 1. The number of hydrogen-bond acceptors (Lipinski definition) is 4. The van der Waals surface area contributed by atoms with Crippen LogP contribution in [-0.4, -0.2) is 35.0 Å². The van der Waals surface area contributed by atoms with Gasteiger partial charge in [-0.05, 0) is 57.0 Å². The third-order valence-corrected chi connectivity index (χ3v) is 6.96. The van der Waals surface area contributed by atoms with E-state index >= 15 is 0 Å². The molecule has 1 amide bonds. The van der Waals surface area contributed by atoms with Crippen LogP contribution in [-0.2, 0) is 4.79 Å². The zero-order valence-corrected chi connectivity index (χ0v) is 14.1. The maximum absolute atomic E-state index is 12.4. The minimum atomic E-state index is -0.339. The summed E-state index contributed by atoms with van der Waals surface area (Å²) in [5.74, 6) is 2.01. The number of rotatable bonds is 3. The van der Waals surface area contributed by atoms with Gasteiger partial charge in [-0.2, -0.15) is 0 Å². The summed E-state index contributed by atoms with van der Waals surface area (Å²) in [5.41, 5.74) is 0. The number of amides is 1. The summed E-state index contributed by atoms with van der Waals surface area (Å²) in [4.78, 5) is 17.3. The van der Waals surface area contributed by atoms with Crippen molar-refractivity contribution in [2.45, 2.75) is 64.7 Å². The number of nitrogens with one attached hydrogen (secondary N) is 2. The van der Waals surface area contributed by atoms with Crippen molar-refractivity contribution in [1.82, 2.24) is 10.6 Å². The molecule has 0 aromatic heterocycles. The normalized spacial score (nSPS) is 43.4. The average Bonchev–Trinajstić information content (AvgIpc) is 3.13. The van der Waals surface area contributed by atoms with E-state index in [1.54, 1.807) is 11.8 Å². The summed E-state index contributed by atoms with van der Waals surface area (Å²) in [7, 11) is 0. The second-order valence-corrected chi connectivity index (χ2v) is 8.52. The Morgan fingerprint density at radius 2 is 2.18 bits per heavy atom. The Bertz CT molecular complexity index is 447. The van der Waals surface area contributed by atoms with Crippen molar-refractivity contribution in [1.29, 1.82) is 0 Å². The van der Waals surface area contributed by atoms with Gasteiger partial charge < -0.3 is 10.6 Å². The topological polar surface area (TPSA) is 53.5 Å². The van der Waals surface area contributed by atoms with E-state index in [1.807, 2.05) is 0 Å². The molecule has 0 aromatic carbocycles. The van der Waals surface area contributed by atoms with E-state index in [0.29, 0.717) is 17.9 Å². The van der Waals surface area contributed by atoms with E-state index in [9.17, 15) is 4.79 Å². The number of carbonyl (C=O) groups excluding carboxylic acids is 1. The molecule has 3 rings (SSSR count). The lowest BCUT2D eigenvalue weighted by molar-refractivity contribution is -0.122. The molecule has 2 aliphatic heterocycles. The molecule has 0 bridgehead atoms. The van der Waals surface area contributed by atoms with Gasteiger partial charge in [0.2, 0.25) is 5.91 Å². The molecule has 0 aromatic rings. The van der Waals surface area contributed by atoms with Gasteiger partial charge in [0.1, 0.15) is 4.75 Å². The van der Waals surface area contributed by atoms with Crippen molar-refractivity contribution in [3.05, 3.63) is 0 Å². The maximum atomic E-state index is 12.4. The van der Waals surface area contributed by atoms with Crippen LogP contribution in [0.3, 0.4) is 0 Å². The monoisotopic (exact) mass is 325 g/mol. The van der Waals surface area contributed by atoms with Crippen LogP contribution in [0.1, 0.15) is 53.9 Å². The standard InChI is InChI=1S/C16H27N3OS.CH4/c1-4-11-7-10(2)13(8-11)18-15-19-14(20)16(3,21-15)12-5-6-17-9-12;/h10-13,17H,4-9H2,1-3H3,(H,18,19,20);1H4.